The van der Waals surface area contributed by atoms with Crippen molar-refractivity contribution in [2.24, 2.45) is 5.92 Å². The quantitative estimate of drug-likeness (QED) is 0.900. The van der Waals surface area contributed by atoms with Crippen LogP contribution in [0.5, 0.6) is 0 Å². The number of hydrogen-bond donors (Lipinski definition) is 1. The highest BCUT2D eigenvalue weighted by Gasteiger charge is 2.09. The summed E-state index contributed by atoms with van der Waals surface area (Å²) >= 11 is 0. The van der Waals surface area contributed by atoms with E-state index < -0.39 is 0 Å². The lowest BCUT2D eigenvalue weighted by molar-refractivity contribution is 0.546. The topological polar surface area (TPSA) is 42.7 Å². The molecule has 0 atom stereocenters. The number of nitrogens with one attached hydrogen (secondary N) is 1. The van der Waals surface area contributed by atoms with Gasteiger partial charge in [-0.3, -0.25) is 0 Å². The lowest BCUT2D eigenvalue weighted by atomic mass is 10.2. The standard InChI is InChI=1S/C14H19FN4/c1-10(2)5-16-7-12-4-13(15)8-17-14(12)19-9-11(3)6-18-19/h4,6,8-10,16H,5,7H2,1-3H3. The number of aryl methyl sites for hydroxylation is 1. The molecule has 0 spiro atoms. The number of pyridine rings is 1. The molecule has 0 aliphatic carbocycles. The molecule has 19 heavy (non-hydrogen) atoms. The minimum atomic E-state index is -0.325. The summed E-state index contributed by atoms with van der Waals surface area (Å²) in [5.74, 6) is 0.900. The van der Waals surface area contributed by atoms with Gasteiger partial charge in [0.1, 0.15) is 5.82 Å². The zero-order valence-corrected chi connectivity index (χ0v) is 11.5. The predicted octanol–water partition coefficient (Wildman–Crippen LogP) is 2.46. The summed E-state index contributed by atoms with van der Waals surface area (Å²) in [7, 11) is 0. The van der Waals surface area contributed by atoms with Gasteiger partial charge in [0.2, 0.25) is 0 Å². The van der Waals surface area contributed by atoms with E-state index in [-0.39, 0.29) is 5.82 Å². The molecule has 0 bridgehead atoms. The van der Waals surface area contributed by atoms with Crippen LogP contribution < -0.4 is 5.32 Å². The van der Waals surface area contributed by atoms with Crippen LogP contribution in [0.1, 0.15) is 25.0 Å². The summed E-state index contributed by atoms with van der Waals surface area (Å²) in [5.41, 5.74) is 1.86. The Labute approximate surface area is 112 Å². The van der Waals surface area contributed by atoms with Gasteiger partial charge in [-0.2, -0.15) is 5.10 Å². The SMILES string of the molecule is Cc1cnn(-c2ncc(F)cc2CNCC(C)C)c1. The molecule has 0 aliphatic rings. The molecule has 0 aromatic carbocycles. The molecule has 102 valence electrons. The van der Waals surface area contributed by atoms with E-state index in [0.29, 0.717) is 18.3 Å². The van der Waals surface area contributed by atoms with E-state index in [1.165, 1.54) is 12.3 Å². The molecule has 0 saturated heterocycles. The van der Waals surface area contributed by atoms with Crippen LogP contribution in [-0.2, 0) is 6.54 Å². The van der Waals surface area contributed by atoms with Gasteiger partial charge in [-0.15, -0.1) is 0 Å². The molecular weight excluding hydrogens is 243 g/mol. The Kier molecular flexibility index (Phi) is 4.27. The Balaban J connectivity index is 2.23. The largest absolute Gasteiger partial charge is 0.312 e. The van der Waals surface area contributed by atoms with Crippen molar-refractivity contribution in [2.75, 3.05) is 6.54 Å². The maximum Gasteiger partial charge on any atom is 0.157 e. The molecule has 0 unspecified atom stereocenters. The monoisotopic (exact) mass is 262 g/mol. The first-order valence-electron chi connectivity index (χ1n) is 6.43. The van der Waals surface area contributed by atoms with Crippen LogP contribution >= 0.6 is 0 Å². The first-order valence-corrected chi connectivity index (χ1v) is 6.43. The predicted molar refractivity (Wildman–Crippen MR) is 72.6 cm³/mol. The van der Waals surface area contributed by atoms with E-state index in [2.05, 4.69) is 29.2 Å². The molecule has 2 heterocycles. The van der Waals surface area contributed by atoms with Gasteiger partial charge in [0.05, 0.1) is 12.4 Å². The van der Waals surface area contributed by atoms with Gasteiger partial charge in [0.15, 0.2) is 5.82 Å². The van der Waals surface area contributed by atoms with Crippen molar-refractivity contribution in [3.05, 3.63) is 41.6 Å². The highest BCUT2D eigenvalue weighted by Crippen LogP contribution is 2.13. The fraction of sp³-hybridized carbons (Fsp3) is 0.429. The zero-order valence-electron chi connectivity index (χ0n) is 11.5. The van der Waals surface area contributed by atoms with Crippen molar-refractivity contribution in [3.63, 3.8) is 0 Å². The van der Waals surface area contributed by atoms with Crippen LogP contribution in [-0.4, -0.2) is 21.3 Å². The summed E-state index contributed by atoms with van der Waals surface area (Å²) in [6, 6.07) is 1.51. The molecule has 2 aromatic rings. The highest BCUT2D eigenvalue weighted by atomic mass is 19.1. The highest BCUT2D eigenvalue weighted by molar-refractivity contribution is 5.33. The Morgan fingerprint density at radius 2 is 2.16 bits per heavy atom. The molecule has 0 amide bonds. The molecule has 4 nitrogen and oxygen atoms in total. The van der Waals surface area contributed by atoms with Gasteiger partial charge in [0, 0.05) is 18.3 Å². The van der Waals surface area contributed by atoms with Crippen LogP contribution in [0, 0.1) is 18.7 Å². The first kappa shape index (κ1) is 13.7. The number of aromatic nitrogens is 3. The summed E-state index contributed by atoms with van der Waals surface area (Å²) in [6.45, 7) is 7.69. The Morgan fingerprint density at radius 3 is 2.79 bits per heavy atom. The van der Waals surface area contributed by atoms with E-state index in [0.717, 1.165) is 17.7 Å². The molecule has 0 radical (unpaired) electrons. The molecule has 1 N–H and O–H groups in total. The van der Waals surface area contributed by atoms with Crippen LogP contribution in [0.25, 0.3) is 5.82 Å². The van der Waals surface area contributed by atoms with E-state index in [1.807, 2.05) is 13.1 Å². The fourth-order valence-corrected chi connectivity index (χ4v) is 1.83. The van der Waals surface area contributed by atoms with Crippen molar-refractivity contribution < 1.29 is 4.39 Å². The minimum Gasteiger partial charge on any atom is -0.312 e. The third-order valence-electron chi connectivity index (χ3n) is 2.71. The Morgan fingerprint density at radius 1 is 1.37 bits per heavy atom. The molecule has 2 rings (SSSR count). The number of halogens is 1. The summed E-state index contributed by atoms with van der Waals surface area (Å²) < 4.78 is 15.0. The second-order valence-electron chi connectivity index (χ2n) is 5.12. The molecule has 2 aromatic heterocycles. The van der Waals surface area contributed by atoms with Crippen LogP contribution in [0.15, 0.2) is 24.7 Å². The second-order valence-corrected chi connectivity index (χ2v) is 5.12. The van der Waals surface area contributed by atoms with Gasteiger partial charge in [-0.25, -0.2) is 14.1 Å². The minimum absolute atomic E-state index is 0.325. The van der Waals surface area contributed by atoms with Crippen LogP contribution in [0.2, 0.25) is 0 Å². The summed E-state index contributed by atoms with van der Waals surface area (Å²) in [5, 5.41) is 7.52. The van der Waals surface area contributed by atoms with E-state index in [9.17, 15) is 4.39 Å². The van der Waals surface area contributed by atoms with Crippen LogP contribution in [0.4, 0.5) is 4.39 Å². The van der Waals surface area contributed by atoms with Gasteiger partial charge in [0.25, 0.3) is 0 Å². The van der Waals surface area contributed by atoms with E-state index >= 15 is 0 Å². The average Bonchev–Trinajstić information content (AvgIpc) is 2.75. The molecule has 5 heteroatoms. The number of nitrogens with zero attached hydrogens (tertiary/aromatic N) is 3. The molecule has 0 aliphatic heterocycles. The third kappa shape index (κ3) is 3.61. The maximum absolute atomic E-state index is 13.3. The van der Waals surface area contributed by atoms with Crippen LogP contribution in [0.3, 0.4) is 0 Å². The second kappa shape index (κ2) is 5.93. The molecule has 0 saturated carbocycles. The van der Waals surface area contributed by atoms with Crippen molar-refractivity contribution in [3.8, 4) is 5.82 Å². The lowest BCUT2D eigenvalue weighted by Gasteiger charge is -2.11. The van der Waals surface area contributed by atoms with E-state index in [4.69, 9.17) is 0 Å². The first-order chi connectivity index (χ1) is 9.06. The number of rotatable bonds is 5. The molecule has 0 fully saturated rings. The zero-order chi connectivity index (χ0) is 13.8. The number of hydrogen-bond acceptors (Lipinski definition) is 3. The van der Waals surface area contributed by atoms with Gasteiger partial charge in [-0.05, 0) is 31.0 Å². The third-order valence-corrected chi connectivity index (χ3v) is 2.71. The lowest BCUT2D eigenvalue weighted by Crippen LogP contribution is -2.20. The normalized spacial score (nSPS) is 11.2. The summed E-state index contributed by atoms with van der Waals surface area (Å²) in [4.78, 5) is 4.15. The van der Waals surface area contributed by atoms with Gasteiger partial charge >= 0.3 is 0 Å². The smallest absolute Gasteiger partial charge is 0.157 e. The summed E-state index contributed by atoms with van der Waals surface area (Å²) in [6.07, 6.45) is 4.86. The van der Waals surface area contributed by atoms with Crippen molar-refractivity contribution >= 4 is 0 Å². The fourth-order valence-electron chi connectivity index (χ4n) is 1.83. The van der Waals surface area contributed by atoms with E-state index in [1.54, 1.807) is 10.9 Å². The van der Waals surface area contributed by atoms with Crippen molar-refractivity contribution in [2.45, 2.75) is 27.3 Å². The van der Waals surface area contributed by atoms with Crippen molar-refractivity contribution in [1.29, 1.82) is 0 Å². The van der Waals surface area contributed by atoms with Crippen molar-refractivity contribution in [1.82, 2.24) is 20.1 Å². The average molecular weight is 262 g/mol. The molecular formula is C14H19FN4. The Hall–Kier alpha value is -1.75. The Bertz CT molecular complexity index is 548. The van der Waals surface area contributed by atoms with Gasteiger partial charge in [-0.1, -0.05) is 13.8 Å². The van der Waals surface area contributed by atoms with Gasteiger partial charge < -0.3 is 5.32 Å². The maximum atomic E-state index is 13.3.